The van der Waals surface area contributed by atoms with E-state index in [2.05, 4.69) is 46.3 Å². The number of carbonyl (C=O) groups excluding carboxylic acids is 3. The van der Waals surface area contributed by atoms with Crippen molar-refractivity contribution in [3.05, 3.63) is 82.5 Å². The van der Waals surface area contributed by atoms with Gasteiger partial charge in [0.25, 0.3) is 0 Å². The van der Waals surface area contributed by atoms with Gasteiger partial charge in [-0.25, -0.2) is 15.0 Å². The number of ether oxygens (including phenoxy) is 1. The largest absolute Gasteiger partial charge is 0.373 e. The number of halogens is 1. The first kappa shape index (κ1) is 31.1. The number of aromatic nitrogens is 8. The number of ketones is 1. The summed E-state index contributed by atoms with van der Waals surface area (Å²) < 4.78 is 9.79. The third-order valence-corrected chi connectivity index (χ3v) is 9.87. The maximum Gasteiger partial charge on any atom is 0.248 e. The first-order chi connectivity index (χ1) is 23.7. The minimum Gasteiger partial charge on any atom is -0.373 e. The number of Topliss-reactive ketones (excluding diaryl/α,β-unsaturated/α-hetero) is 1. The highest BCUT2D eigenvalue weighted by Gasteiger charge is 2.67. The molecule has 1 spiro atoms. The summed E-state index contributed by atoms with van der Waals surface area (Å²) in [5.74, 6) is 0.144. The van der Waals surface area contributed by atoms with Crippen LogP contribution in [0.15, 0.2) is 59.7 Å². The van der Waals surface area contributed by atoms with Crippen LogP contribution in [0.5, 0.6) is 0 Å². The van der Waals surface area contributed by atoms with Crippen LogP contribution in [0, 0.1) is 12.3 Å². The second-order valence-electron chi connectivity index (χ2n) is 12.8. The SMILES string of the molecule is CC(=O)c1nn(CC(=O)N2[C@H]3C[C@]4(C[C@@H]24)Cn2ccc(n2)/C=C\COCc2ccc(Br)nc2NC3=O)c2cnc(-c3cnc(C)nc3)cc12. The fraction of sp³-hybridized carbons (Fsp3) is 0.324. The van der Waals surface area contributed by atoms with Gasteiger partial charge in [-0.15, -0.1) is 0 Å². The third-order valence-electron chi connectivity index (χ3n) is 9.43. The number of carbonyl (C=O) groups is 3. The van der Waals surface area contributed by atoms with Crippen LogP contribution in [0.2, 0.25) is 0 Å². The van der Waals surface area contributed by atoms with Gasteiger partial charge >= 0.3 is 0 Å². The monoisotopic (exact) mass is 722 g/mol. The molecule has 5 aromatic rings. The molecule has 0 unspecified atom stereocenters. The van der Waals surface area contributed by atoms with Gasteiger partial charge < -0.3 is 15.0 Å². The van der Waals surface area contributed by atoms with E-state index in [1.807, 2.05) is 35.2 Å². The molecule has 4 bridgehead atoms. The Kier molecular flexibility index (Phi) is 7.67. The number of likely N-dealkylation sites (tertiary alicyclic amines) is 1. The molecule has 3 aliphatic rings. The van der Waals surface area contributed by atoms with Crippen molar-refractivity contribution in [3.63, 3.8) is 0 Å². The van der Waals surface area contributed by atoms with Crippen molar-refractivity contribution in [3.8, 4) is 11.3 Å². The number of rotatable bonds is 4. The third kappa shape index (κ3) is 5.82. The Hall–Kier alpha value is -5.15. The second kappa shape index (κ2) is 12.1. The average Bonchev–Trinajstić information content (AvgIpc) is 3.34. The van der Waals surface area contributed by atoms with Crippen molar-refractivity contribution in [2.45, 2.75) is 58.5 Å². The number of amides is 2. The maximum absolute atomic E-state index is 14.3. The standard InChI is InChI=1S/C34H31BrN10O4/c1-19(46)31-24-10-25(22-13-36-20(2)37-14-22)38-15-27(24)44(42-31)16-30(47)45-26-11-34(12-28(34)45)18-43-8-7-23(41-43)4-3-9-49-17-21-5-6-29(35)39-32(21)40-33(26)48/h3-8,10,13-15,26,28H,9,11-12,16-18H2,1-2H3,(H,39,40,48)/b4-3-/t26-,28+,34-/m0/s1. The molecule has 15 heteroatoms. The number of piperidine rings is 1. The van der Waals surface area contributed by atoms with Crippen molar-refractivity contribution in [2.24, 2.45) is 5.41 Å². The number of hydrogen-bond donors (Lipinski definition) is 1. The van der Waals surface area contributed by atoms with Gasteiger partial charge in [0, 0.05) is 60.0 Å². The Balaban J connectivity index is 1.13. The van der Waals surface area contributed by atoms with Crippen LogP contribution in [-0.4, -0.2) is 80.7 Å². The highest BCUT2D eigenvalue weighted by Crippen LogP contribution is 2.60. The Labute approximate surface area is 288 Å². The highest BCUT2D eigenvalue weighted by molar-refractivity contribution is 9.10. The maximum atomic E-state index is 14.3. The lowest BCUT2D eigenvalue weighted by Gasteiger charge is -2.27. The zero-order valence-electron chi connectivity index (χ0n) is 26.7. The topological polar surface area (TPSA) is 163 Å². The molecule has 0 radical (unpaired) electrons. The molecule has 8 rings (SSSR count). The molecule has 2 amide bonds. The Bertz CT molecular complexity index is 2180. The lowest BCUT2D eigenvalue weighted by atomic mass is 9.99. The van der Waals surface area contributed by atoms with Crippen LogP contribution in [0.3, 0.4) is 0 Å². The van der Waals surface area contributed by atoms with Crippen LogP contribution >= 0.6 is 15.9 Å². The summed E-state index contributed by atoms with van der Waals surface area (Å²) in [5.41, 5.74) is 3.23. The van der Waals surface area contributed by atoms with Crippen LogP contribution in [0.4, 0.5) is 5.82 Å². The number of nitrogens with one attached hydrogen (secondary N) is 1. The summed E-state index contributed by atoms with van der Waals surface area (Å²) in [4.78, 5) is 60.4. The molecule has 0 aromatic carbocycles. The van der Waals surface area contributed by atoms with Gasteiger partial charge in [-0.3, -0.25) is 28.7 Å². The molecule has 1 aliphatic carbocycles. The van der Waals surface area contributed by atoms with E-state index in [1.54, 1.807) is 42.5 Å². The van der Waals surface area contributed by atoms with Crippen molar-refractivity contribution < 1.29 is 19.1 Å². The van der Waals surface area contributed by atoms with Gasteiger partial charge in [-0.2, -0.15) is 10.2 Å². The molecule has 1 saturated heterocycles. The van der Waals surface area contributed by atoms with Crippen molar-refractivity contribution in [1.82, 2.24) is 44.4 Å². The molecule has 14 nitrogen and oxygen atoms in total. The predicted molar refractivity (Wildman–Crippen MR) is 181 cm³/mol. The quantitative estimate of drug-likeness (QED) is 0.212. The average molecular weight is 724 g/mol. The zero-order valence-corrected chi connectivity index (χ0v) is 28.3. The molecular weight excluding hydrogens is 692 g/mol. The van der Waals surface area contributed by atoms with Crippen molar-refractivity contribution >= 4 is 56.3 Å². The van der Waals surface area contributed by atoms with E-state index in [1.165, 1.54) is 11.6 Å². The van der Waals surface area contributed by atoms with Crippen LogP contribution in [0.25, 0.3) is 28.2 Å². The van der Waals surface area contributed by atoms with E-state index >= 15 is 0 Å². The number of anilines is 1. The molecule has 248 valence electrons. The van der Waals surface area contributed by atoms with Crippen LogP contribution in [0.1, 0.15) is 47.3 Å². The van der Waals surface area contributed by atoms with E-state index < -0.39 is 6.04 Å². The molecule has 49 heavy (non-hydrogen) atoms. The van der Waals surface area contributed by atoms with Gasteiger partial charge in [0.15, 0.2) is 5.78 Å². The Morgan fingerprint density at radius 2 is 1.94 bits per heavy atom. The molecular formula is C34H31BrN10O4. The van der Waals surface area contributed by atoms with E-state index in [0.717, 1.165) is 12.1 Å². The number of nitrogens with zero attached hydrogens (tertiary/aromatic N) is 9. The fourth-order valence-corrected chi connectivity index (χ4v) is 7.27. The molecule has 2 fully saturated rings. The van der Waals surface area contributed by atoms with Gasteiger partial charge in [0.2, 0.25) is 11.8 Å². The summed E-state index contributed by atoms with van der Waals surface area (Å²) in [7, 11) is 0. The summed E-state index contributed by atoms with van der Waals surface area (Å²) in [6.07, 6.45) is 11.9. The zero-order chi connectivity index (χ0) is 33.9. The summed E-state index contributed by atoms with van der Waals surface area (Å²) >= 11 is 3.41. The molecule has 5 aromatic heterocycles. The normalized spacial score (nSPS) is 22.3. The van der Waals surface area contributed by atoms with Gasteiger partial charge in [-0.05, 0) is 60.0 Å². The molecule has 7 heterocycles. The van der Waals surface area contributed by atoms with Gasteiger partial charge in [-0.1, -0.05) is 12.1 Å². The van der Waals surface area contributed by atoms with E-state index in [-0.39, 0.29) is 47.9 Å². The first-order valence-electron chi connectivity index (χ1n) is 15.9. The van der Waals surface area contributed by atoms with Crippen LogP contribution in [-0.2, 0) is 34.0 Å². The smallest absolute Gasteiger partial charge is 0.248 e. The predicted octanol–water partition coefficient (Wildman–Crippen LogP) is 4.00. The van der Waals surface area contributed by atoms with E-state index in [9.17, 15) is 14.4 Å². The molecule has 1 N–H and O–H groups in total. The molecule has 3 atom stereocenters. The van der Waals surface area contributed by atoms with Crippen molar-refractivity contribution in [2.75, 3.05) is 11.9 Å². The Morgan fingerprint density at radius 1 is 1.10 bits per heavy atom. The van der Waals surface area contributed by atoms with E-state index in [0.29, 0.717) is 63.5 Å². The van der Waals surface area contributed by atoms with Crippen LogP contribution < -0.4 is 5.32 Å². The number of aryl methyl sites for hydroxylation is 1. The van der Waals surface area contributed by atoms with Gasteiger partial charge in [0.05, 0.1) is 36.3 Å². The molecule has 2 aliphatic heterocycles. The Morgan fingerprint density at radius 3 is 2.76 bits per heavy atom. The summed E-state index contributed by atoms with van der Waals surface area (Å²) in [6.45, 7) is 4.20. The number of pyridine rings is 2. The minimum atomic E-state index is -0.760. The number of hydrogen-bond acceptors (Lipinski definition) is 10. The number of fused-ring (bicyclic) bond motifs is 5. The fourth-order valence-electron chi connectivity index (χ4n) is 6.96. The first-order valence-corrected chi connectivity index (χ1v) is 16.7. The second-order valence-corrected chi connectivity index (χ2v) is 13.6. The minimum absolute atomic E-state index is 0.173. The van der Waals surface area contributed by atoms with Crippen molar-refractivity contribution in [1.29, 1.82) is 0 Å². The van der Waals surface area contributed by atoms with Gasteiger partial charge in [0.1, 0.15) is 34.5 Å². The lowest BCUT2D eigenvalue weighted by molar-refractivity contribution is -0.138. The van der Waals surface area contributed by atoms with E-state index in [4.69, 9.17) is 9.84 Å². The molecule has 1 saturated carbocycles. The summed E-state index contributed by atoms with van der Waals surface area (Å²) in [6, 6.07) is 6.40. The lowest BCUT2D eigenvalue weighted by Crippen LogP contribution is -2.47. The highest BCUT2D eigenvalue weighted by atomic mass is 79.9. The summed E-state index contributed by atoms with van der Waals surface area (Å²) in [5, 5.41) is 12.8.